The maximum absolute atomic E-state index is 11.1. The monoisotopic (exact) mass is 251 g/mol. The van der Waals surface area contributed by atoms with Gasteiger partial charge in [0.1, 0.15) is 11.4 Å². The fourth-order valence-electron chi connectivity index (χ4n) is 2.19. The second kappa shape index (κ2) is 5.22. The highest BCUT2D eigenvalue weighted by Gasteiger charge is 2.23. The molecule has 1 saturated heterocycles. The van der Waals surface area contributed by atoms with E-state index in [9.17, 15) is 10.1 Å². The Hall–Kier alpha value is -1.82. The van der Waals surface area contributed by atoms with E-state index in [1.165, 1.54) is 13.2 Å². The molecule has 98 valence electrons. The molecule has 0 aliphatic carbocycles. The Morgan fingerprint density at radius 2 is 2.33 bits per heavy atom. The average molecular weight is 251 g/mol. The number of benzene rings is 1. The van der Waals surface area contributed by atoms with Gasteiger partial charge in [-0.05, 0) is 19.1 Å². The molecule has 0 aromatic heterocycles. The zero-order valence-corrected chi connectivity index (χ0v) is 10.5. The molecule has 6 heteroatoms. The number of ether oxygens (including phenoxy) is 1. The smallest absolute Gasteiger partial charge is 0.296 e. The van der Waals surface area contributed by atoms with Gasteiger partial charge in [0.05, 0.1) is 18.1 Å². The molecule has 1 aromatic carbocycles. The molecule has 0 saturated carbocycles. The largest absolute Gasteiger partial charge is 0.496 e. The van der Waals surface area contributed by atoms with Gasteiger partial charge in [0.25, 0.3) is 5.69 Å². The van der Waals surface area contributed by atoms with Crippen molar-refractivity contribution in [1.29, 1.82) is 0 Å². The summed E-state index contributed by atoms with van der Waals surface area (Å²) >= 11 is 0. The summed E-state index contributed by atoms with van der Waals surface area (Å²) in [5, 5.41) is 14.4. The van der Waals surface area contributed by atoms with Crippen LogP contribution >= 0.6 is 0 Å². The average Bonchev–Trinajstić information content (AvgIpc) is 2.38. The Labute approximate surface area is 106 Å². The van der Waals surface area contributed by atoms with Gasteiger partial charge in [0.15, 0.2) is 0 Å². The normalized spacial score (nSPS) is 19.7. The Balaban J connectivity index is 2.33. The number of hydrogen-bond donors (Lipinski definition) is 1. The molecule has 0 spiro atoms. The molecule has 1 aliphatic rings. The lowest BCUT2D eigenvalue weighted by molar-refractivity contribution is -0.384. The third-order valence-corrected chi connectivity index (χ3v) is 3.09. The summed E-state index contributed by atoms with van der Waals surface area (Å²) in [6, 6.07) is 5.33. The summed E-state index contributed by atoms with van der Waals surface area (Å²) in [5.41, 5.74) is 0.762. The fourth-order valence-corrected chi connectivity index (χ4v) is 2.19. The first-order valence-corrected chi connectivity index (χ1v) is 5.92. The van der Waals surface area contributed by atoms with Crippen molar-refractivity contribution >= 4 is 11.4 Å². The third-order valence-electron chi connectivity index (χ3n) is 3.09. The molecular formula is C12H17N3O3. The number of nitro groups is 1. The number of methoxy groups -OCH3 is 1. The van der Waals surface area contributed by atoms with Gasteiger partial charge in [0.2, 0.25) is 0 Å². The van der Waals surface area contributed by atoms with Gasteiger partial charge < -0.3 is 15.0 Å². The Bertz CT molecular complexity index is 450. The van der Waals surface area contributed by atoms with Crippen molar-refractivity contribution in [2.75, 3.05) is 31.6 Å². The van der Waals surface area contributed by atoms with E-state index < -0.39 is 0 Å². The van der Waals surface area contributed by atoms with E-state index in [4.69, 9.17) is 4.74 Å². The number of nitrogens with zero attached hydrogens (tertiary/aromatic N) is 2. The minimum absolute atomic E-state index is 0.100. The quantitative estimate of drug-likeness (QED) is 0.649. The van der Waals surface area contributed by atoms with Crippen molar-refractivity contribution < 1.29 is 9.66 Å². The molecule has 0 radical (unpaired) electrons. The van der Waals surface area contributed by atoms with E-state index in [-0.39, 0.29) is 10.6 Å². The molecule has 1 fully saturated rings. The highest BCUT2D eigenvalue weighted by Crippen LogP contribution is 2.32. The van der Waals surface area contributed by atoms with Gasteiger partial charge in [0, 0.05) is 25.7 Å². The Morgan fingerprint density at radius 1 is 1.56 bits per heavy atom. The van der Waals surface area contributed by atoms with Crippen LogP contribution in [0.3, 0.4) is 0 Å². The van der Waals surface area contributed by atoms with Gasteiger partial charge in [-0.2, -0.15) is 0 Å². The highest BCUT2D eigenvalue weighted by molar-refractivity contribution is 5.65. The van der Waals surface area contributed by atoms with Crippen molar-refractivity contribution in [3.8, 4) is 5.75 Å². The second-order valence-electron chi connectivity index (χ2n) is 4.41. The fraction of sp³-hybridized carbons (Fsp3) is 0.500. The molecule has 18 heavy (non-hydrogen) atoms. The number of hydrogen-bond acceptors (Lipinski definition) is 5. The summed E-state index contributed by atoms with van der Waals surface area (Å²) in [4.78, 5) is 12.8. The van der Waals surface area contributed by atoms with E-state index in [1.54, 1.807) is 12.1 Å². The van der Waals surface area contributed by atoms with Crippen LogP contribution < -0.4 is 15.0 Å². The van der Waals surface area contributed by atoms with Gasteiger partial charge in [-0.25, -0.2) is 0 Å². The van der Waals surface area contributed by atoms with Crippen molar-refractivity contribution in [2.24, 2.45) is 0 Å². The summed E-state index contributed by atoms with van der Waals surface area (Å²) < 4.78 is 5.03. The van der Waals surface area contributed by atoms with Crippen LogP contribution in [0.5, 0.6) is 5.75 Å². The number of nitro benzene ring substituents is 1. The summed E-state index contributed by atoms with van der Waals surface area (Å²) in [6.07, 6.45) is 0. The van der Waals surface area contributed by atoms with E-state index in [0.29, 0.717) is 17.5 Å². The van der Waals surface area contributed by atoms with Crippen LogP contribution in [0.25, 0.3) is 0 Å². The number of piperazine rings is 1. The maximum Gasteiger partial charge on any atom is 0.296 e. The Morgan fingerprint density at radius 3 is 2.94 bits per heavy atom. The van der Waals surface area contributed by atoms with E-state index in [0.717, 1.165) is 19.6 Å². The third kappa shape index (κ3) is 2.53. The SMILES string of the molecule is COc1ccc(N2CCN[C@@H](C)C2)c([N+](=O)[O-])c1. The molecule has 0 bridgehead atoms. The zero-order valence-electron chi connectivity index (χ0n) is 10.5. The highest BCUT2D eigenvalue weighted by atomic mass is 16.6. The van der Waals surface area contributed by atoms with Gasteiger partial charge >= 0.3 is 0 Å². The standard InChI is InChI=1S/C12H17N3O3/c1-9-8-14(6-5-13-9)11-4-3-10(18-2)7-12(11)15(16)17/h3-4,7,9,13H,5-6,8H2,1-2H3/t9-/m0/s1. The van der Waals surface area contributed by atoms with Crippen LogP contribution in [0.15, 0.2) is 18.2 Å². The van der Waals surface area contributed by atoms with Crippen molar-refractivity contribution in [2.45, 2.75) is 13.0 Å². The van der Waals surface area contributed by atoms with Crippen LogP contribution in [-0.4, -0.2) is 37.7 Å². The van der Waals surface area contributed by atoms with E-state index in [1.807, 2.05) is 4.90 Å². The van der Waals surface area contributed by atoms with Gasteiger partial charge in [-0.3, -0.25) is 10.1 Å². The van der Waals surface area contributed by atoms with Crippen molar-refractivity contribution in [1.82, 2.24) is 5.32 Å². The predicted molar refractivity (Wildman–Crippen MR) is 69.3 cm³/mol. The molecule has 0 unspecified atom stereocenters. The lowest BCUT2D eigenvalue weighted by Crippen LogP contribution is -2.49. The van der Waals surface area contributed by atoms with Crippen molar-refractivity contribution in [3.63, 3.8) is 0 Å². The predicted octanol–water partition coefficient (Wildman–Crippen LogP) is 1.40. The first kappa shape index (κ1) is 12.6. The van der Waals surface area contributed by atoms with Gasteiger partial charge in [-0.1, -0.05) is 0 Å². The van der Waals surface area contributed by atoms with Crippen LogP contribution in [0.2, 0.25) is 0 Å². The summed E-state index contributed by atoms with van der Waals surface area (Å²) in [6.45, 7) is 4.45. The van der Waals surface area contributed by atoms with E-state index in [2.05, 4.69) is 12.2 Å². The van der Waals surface area contributed by atoms with Crippen LogP contribution in [-0.2, 0) is 0 Å². The van der Waals surface area contributed by atoms with Crippen LogP contribution in [0.1, 0.15) is 6.92 Å². The molecule has 0 amide bonds. The molecule has 2 rings (SSSR count). The molecule has 1 aromatic rings. The maximum atomic E-state index is 11.1. The van der Waals surface area contributed by atoms with Crippen LogP contribution in [0.4, 0.5) is 11.4 Å². The van der Waals surface area contributed by atoms with E-state index >= 15 is 0 Å². The first-order chi connectivity index (χ1) is 8.61. The first-order valence-electron chi connectivity index (χ1n) is 5.92. The zero-order chi connectivity index (χ0) is 13.1. The topological polar surface area (TPSA) is 67.6 Å². The Kier molecular flexibility index (Phi) is 3.66. The minimum Gasteiger partial charge on any atom is -0.496 e. The molecule has 1 aliphatic heterocycles. The lowest BCUT2D eigenvalue weighted by atomic mass is 10.1. The molecular weight excluding hydrogens is 234 g/mol. The number of anilines is 1. The van der Waals surface area contributed by atoms with Crippen molar-refractivity contribution in [3.05, 3.63) is 28.3 Å². The number of nitrogens with one attached hydrogen (secondary N) is 1. The minimum atomic E-state index is -0.357. The second-order valence-corrected chi connectivity index (χ2v) is 4.41. The number of rotatable bonds is 3. The molecule has 1 atom stereocenters. The van der Waals surface area contributed by atoms with Gasteiger partial charge in [-0.15, -0.1) is 0 Å². The van der Waals surface area contributed by atoms with Crippen LogP contribution in [0, 0.1) is 10.1 Å². The summed E-state index contributed by atoms with van der Waals surface area (Å²) in [5.74, 6) is 0.508. The summed E-state index contributed by atoms with van der Waals surface area (Å²) in [7, 11) is 1.51. The molecule has 6 nitrogen and oxygen atoms in total. The molecule has 1 N–H and O–H groups in total. The lowest BCUT2D eigenvalue weighted by Gasteiger charge is -2.33. The molecule has 1 heterocycles.